The van der Waals surface area contributed by atoms with Crippen molar-refractivity contribution in [2.75, 3.05) is 7.11 Å². The number of fused-ring (bicyclic) bond motifs is 3. The lowest BCUT2D eigenvalue weighted by atomic mass is 9.95. The molecule has 2 heterocycles. The SMILES string of the molecule is COc1cc(Cl)cc(-c2c(C(=O)O)[nH]c3c2COc2ccc(C)cc2-3)c1. The molecule has 1 aliphatic heterocycles. The average molecular weight is 370 g/mol. The largest absolute Gasteiger partial charge is 0.497 e. The van der Waals surface area contributed by atoms with E-state index in [2.05, 4.69) is 4.98 Å². The van der Waals surface area contributed by atoms with Crippen LogP contribution in [0.5, 0.6) is 11.5 Å². The minimum Gasteiger partial charge on any atom is -0.497 e. The number of aromatic carboxylic acids is 1. The van der Waals surface area contributed by atoms with Crippen molar-refractivity contribution >= 4 is 17.6 Å². The van der Waals surface area contributed by atoms with E-state index in [0.717, 1.165) is 28.1 Å². The Hall–Kier alpha value is -2.92. The van der Waals surface area contributed by atoms with Crippen LogP contribution in [0.2, 0.25) is 5.02 Å². The van der Waals surface area contributed by atoms with Crippen LogP contribution in [0.25, 0.3) is 22.4 Å². The molecule has 0 bridgehead atoms. The molecular formula is C20H16ClNO4. The van der Waals surface area contributed by atoms with Crippen LogP contribution in [-0.4, -0.2) is 23.2 Å². The summed E-state index contributed by atoms with van der Waals surface area (Å²) >= 11 is 6.19. The number of hydrogen-bond acceptors (Lipinski definition) is 3. The highest BCUT2D eigenvalue weighted by molar-refractivity contribution is 6.31. The Morgan fingerprint density at radius 2 is 2.08 bits per heavy atom. The van der Waals surface area contributed by atoms with E-state index in [4.69, 9.17) is 21.1 Å². The number of carbonyl (C=O) groups is 1. The van der Waals surface area contributed by atoms with Crippen molar-refractivity contribution in [2.45, 2.75) is 13.5 Å². The molecule has 5 nitrogen and oxygen atoms in total. The molecule has 0 saturated carbocycles. The third-order valence-corrected chi connectivity index (χ3v) is 4.71. The maximum absolute atomic E-state index is 11.9. The second kappa shape index (κ2) is 6.11. The minimum absolute atomic E-state index is 0.109. The van der Waals surface area contributed by atoms with Gasteiger partial charge in [-0.05, 0) is 42.8 Å². The summed E-state index contributed by atoms with van der Waals surface area (Å²) in [7, 11) is 1.54. The maximum Gasteiger partial charge on any atom is 0.352 e. The number of rotatable bonds is 3. The number of carboxylic acids is 1. The van der Waals surface area contributed by atoms with Crippen molar-refractivity contribution < 1.29 is 19.4 Å². The van der Waals surface area contributed by atoms with E-state index in [1.54, 1.807) is 25.3 Å². The molecule has 2 aromatic carbocycles. The quantitative estimate of drug-likeness (QED) is 0.688. The Labute approximate surface area is 155 Å². The minimum atomic E-state index is -1.04. The third kappa shape index (κ3) is 2.61. The van der Waals surface area contributed by atoms with Crippen LogP contribution in [0.15, 0.2) is 36.4 Å². The fourth-order valence-corrected chi connectivity index (χ4v) is 3.56. The molecule has 4 rings (SSSR count). The zero-order valence-electron chi connectivity index (χ0n) is 14.2. The second-order valence-corrected chi connectivity index (χ2v) is 6.64. The molecule has 0 atom stereocenters. The van der Waals surface area contributed by atoms with Crippen LogP contribution in [-0.2, 0) is 6.61 Å². The maximum atomic E-state index is 11.9. The van der Waals surface area contributed by atoms with Gasteiger partial charge in [0.25, 0.3) is 0 Å². The number of benzene rings is 2. The summed E-state index contributed by atoms with van der Waals surface area (Å²) in [5.74, 6) is 0.255. The summed E-state index contributed by atoms with van der Waals surface area (Å²) in [6.07, 6.45) is 0. The fourth-order valence-electron chi connectivity index (χ4n) is 3.33. The molecule has 1 aliphatic rings. The van der Waals surface area contributed by atoms with Crippen LogP contribution < -0.4 is 9.47 Å². The molecule has 6 heteroatoms. The standard InChI is InChI=1S/C20H16ClNO4/c1-10-3-4-16-14(5-10)18-15(9-26-16)17(19(22-18)20(23)24)11-6-12(21)8-13(7-11)25-2/h3-8,22H,9H2,1-2H3,(H,23,24). The van der Waals surface area contributed by atoms with Gasteiger partial charge in [0.15, 0.2) is 0 Å². The Morgan fingerprint density at radius 1 is 1.27 bits per heavy atom. The van der Waals surface area contributed by atoms with Gasteiger partial charge in [0.1, 0.15) is 23.8 Å². The lowest BCUT2D eigenvalue weighted by Crippen LogP contribution is -2.05. The smallest absolute Gasteiger partial charge is 0.352 e. The number of aromatic nitrogens is 1. The number of halogens is 1. The zero-order chi connectivity index (χ0) is 18.4. The molecule has 0 fully saturated rings. The summed E-state index contributed by atoms with van der Waals surface area (Å²) in [5, 5.41) is 10.2. The van der Waals surface area contributed by atoms with Gasteiger partial charge >= 0.3 is 5.97 Å². The lowest BCUT2D eigenvalue weighted by molar-refractivity contribution is 0.0692. The first-order chi connectivity index (χ1) is 12.5. The van der Waals surface area contributed by atoms with E-state index in [1.165, 1.54) is 0 Å². The number of H-pyrrole nitrogens is 1. The van der Waals surface area contributed by atoms with Gasteiger partial charge in [0, 0.05) is 21.7 Å². The van der Waals surface area contributed by atoms with Crippen molar-refractivity contribution in [3.63, 3.8) is 0 Å². The third-order valence-electron chi connectivity index (χ3n) is 4.49. The van der Waals surface area contributed by atoms with E-state index >= 15 is 0 Å². The molecule has 2 N–H and O–H groups in total. The summed E-state index contributed by atoms with van der Waals surface area (Å²) in [4.78, 5) is 15.0. The summed E-state index contributed by atoms with van der Waals surface area (Å²) in [6.45, 7) is 2.26. The van der Waals surface area contributed by atoms with Gasteiger partial charge in [-0.1, -0.05) is 23.2 Å². The van der Waals surface area contributed by atoms with Gasteiger partial charge in [-0.2, -0.15) is 0 Å². The summed E-state index contributed by atoms with van der Waals surface area (Å²) in [5.41, 5.74) is 4.83. The van der Waals surface area contributed by atoms with Crippen molar-refractivity contribution in [3.05, 3.63) is 58.2 Å². The number of aromatic amines is 1. The lowest BCUT2D eigenvalue weighted by Gasteiger charge is -2.19. The number of ether oxygens (including phenoxy) is 2. The summed E-state index contributed by atoms with van der Waals surface area (Å²) in [6, 6.07) is 11.0. The molecule has 0 amide bonds. The van der Waals surface area contributed by atoms with Gasteiger partial charge in [-0.25, -0.2) is 4.79 Å². The molecule has 3 aromatic rings. The molecule has 26 heavy (non-hydrogen) atoms. The van der Waals surface area contributed by atoms with E-state index in [9.17, 15) is 9.90 Å². The van der Waals surface area contributed by atoms with Crippen molar-refractivity contribution in [3.8, 4) is 33.9 Å². The Kier molecular flexibility index (Phi) is 3.89. The van der Waals surface area contributed by atoms with Crippen molar-refractivity contribution in [1.82, 2.24) is 4.98 Å². The number of methoxy groups -OCH3 is 1. The first kappa shape index (κ1) is 16.5. The molecule has 0 aliphatic carbocycles. The van der Waals surface area contributed by atoms with Gasteiger partial charge in [-0.15, -0.1) is 0 Å². The molecule has 0 saturated heterocycles. The zero-order valence-corrected chi connectivity index (χ0v) is 15.0. The van der Waals surface area contributed by atoms with E-state index in [0.29, 0.717) is 21.9 Å². The first-order valence-electron chi connectivity index (χ1n) is 8.05. The monoisotopic (exact) mass is 369 g/mol. The normalized spacial score (nSPS) is 12.1. The molecule has 132 valence electrons. The van der Waals surface area contributed by atoms with E-state index in [-0.39, 0.29) is 12.3 Å². The van der Waals surface area contributed by atoms with Gasteiger partial charge in [0.2, 0.25) is 0 Å². The molecule has 1 aromatic heterocycles. The number of nitrogens with one attached hydrogen (secondary N) is 1. The first-order valence-corrected chi connectivity index (χ1v) is 8.42. The Balaban J connectivity index is 2.00. The second-order valence-electron chi connectivity index (χ2n) is 6.20. The molecule has 0 spiro atoms. The Bertz CT molecular complexity index is 1040. The van der Waals surface area contributed by atoms with Gasteiger partial charge in [-0.3, -0.25) is 0 Å². The number of carboxylic acid groups (broad SMARTS) is 1. The molecule has 0 radical (unpaired) electrons. The Morgan fingerprint density at radius 3 is 2.81 bits per heavy atom. The fraction of sp³-hybridized carbons (Fsp3) is 0.150. The van der Waals surface area contributed by atoms with Crippen LogP contribution in [0.3, 0.4) is 0 Å². The molecule has 0 unspecified atom stereocenters. The van der Waals surface area contributed by atoms with Crippen molar-refractivity contribution in [2.24, 2.45) is 0 Å². The van der Waals surface area contributed by atoms with Gasteiger partial charge < -0.3 is 19.6 Å². The predicted molar refractivity (Wildman–Crippen MR) is 99.3 cm³/mol. The average Bonchev–Trinajstić information content (AvgIpc) is 3.01. The van der Waals surface area contributed by atoms with Gasteiger partial charge in [0.05, 0.1) is 12.8 Å². The van der Waals surface area contributed by atoms with E-state index < -0.39 is 5.97 Å². The highest BCUT2D eigenvalue weighted by Crippen LogP contribution is 2.44. The van der Waals surface area contributed by atoms with E-state index in [1.807, 2.05) is 25.1 Å². The molecular weight excluding hydrogens is 354 g/mol. The van der Waals surface area contributed by atoms with Crippen LogP contribution in [0, 0.1) is 6.92 Å². The van der Waals surface area contributed by atoms with Crippen LogP contribution in [0.4, 0.5) is 0 Å². The van der Waals surface area contributed by atoms with Crippen molar-refractivity contribution in [1.29, 1.82) is 0 Å². The number of hydrogen-bond donors (Lipinski definition) is 2. The predicted octanol–water partition coefficient (Wildman–Crippen LogP) is 4.91. The number of aryl methyl sites for hydroxylation is 1. The van der Waals surface area contributed by atoms with Crippen LogP contribution >= 0.6 is 11.6 Å². The highest BCUT2D eigenvalue weighted by atomic mass is 35.5. The topological polar surface area (TPSA) is 71.5 Å². The highest BCUT2D eigenvalue weighted by Gasteiger charge is 2.29. The van der Waals surface area contributed by atoms with Crippen LogP contribution in [0.1, 0.15) is 21.6 Å². The summed E-state index contributed by atoms with van der Waals surface area (Å²) < 4.78 is 11.1.